The van der Waals surface area contributed by atoms with Crippen molar-refractivity contribution in [3.05, 3.63) is 84.2 Å². The average molecular weight is 414 g/mol. The first-order chi connectivity index (χ1) is 13.9. The fourth-order valence-corrected chi connectivity index (χ4v) is 3.67. The molecule has 150 valence electrons. The van der Waals surface area contributed by atoms with Gasteiger partial charge in [0.05, 0.1) is 17.2 Å². The topological polar surface area (TPSA) is 84.5 Å². The number of sulfonamides is 1. The molecule has 0 aliphatic carbocycles. The Morgan fingerprint density at radius 1 is 1.00 bits per heavy atom. The number of nitrogens with one attached hydrogen (secondary N) is 2. The number of hydrogen-bond acceptors (Lipinski definition) is 4. The van der Waals surface area contributed by atoms with Gasteiger partial charge in [0.25, 0.3) is 15.9 Å². The molecule has 0 fully saturated rings. The van der Waals surface area contributed by atoms with E-state index in [0.717, 1.165) is 6.07 Å². The molecule has 0 saturated heterocycles. The summed E-state index contributed by atoms with van der Waals surface area (Å²) < 4.78 is 46.4. The molecular weight excluding hydrogens is 395 g/mol. The van der Waals surface area contributed by atoms with Gasteiger partial charge in [0.2, 0.25) is 0 Å². The van der Waals surface area contributed by atoms with Crippen LogP contribution >= 0.6 is 0 Å². The predicted molar refractivity (Wildman–Crippen MR) is 109 cm³/mol. The average Bonchev–Trinajstić information content (AvgIpc) is 2.71. The second-order valence-corrected chi connectivity index (χ2v) is 7.71. The molecule has 0 saturated carbocycles. The third-order valence-electron chi connectivity index (χ3n) is 3.95. The van der Waals surface area contributed by atoms with Gasteiger partial charge < -0.3 is 10.1 Å². The van der Waals surface area contributed by atoms with E-state index >= 15 is 0 Å². The van der Waals surface area contributed by atoms with Crippen molar-refractivity contribution < 1.29 is 22.3 Å². The van der Waals surface area contributed by atoms with E-state index in [9.17, 15) is 17.6 Å². The molecule has 0 aliphatic heterocycles. The molecule has 8 heteroatoms. The number of para-hydroxylation sites is 1. The van der Waals surface area contributed by atoms with Crippen LogP contribution in [0, 0.1) is 5.82 Å². The molecule has 3 aromatic carbocycles. The van der Waals surface area contributed by atoms with Crippen molar-refractivity contribution in [1.82, 2.24) is 0 Å². The summed E-state index contributed by atoms with van der Waals surface area (Å²) in [6.07, 6.45) is 0. The van der Waals surface area contributed by atoms with Gasteiger partial charge in [-0.25, -0.2) is 12.8 Å². The van der Waals surface area contributed by atoms with Crippen LogP contribution in [-0.4, -0.2) is 20.9 Å². The van der Waals surface area contributed by atoms with Crippen LogP contribution < -0.4 is 14.8 Å². The van der Waals surface area contributed by atoms with E-state index in [1.165, 1.54) is 42.5 Å². The van der Waals surface area contributed by atoms with Gasteiger partial charge in [-0.15, -0.1) is 0 Å². The number of anilines is 2. The molecule has 0 unspecified atom stereocenters. The number of carbonyl (C=O) groups excluding carboxylic acids is 1. The molecule has 1 amide bonds. The summed E-state index contributed by atoms with van der Waals surface area (Å²) in [5.41, 5.74) is 0.517. The van der Waals surface area contributed by atoms with Crippen molar-refractivity contribution in [3.8, 4) is 5.75 Å². The van der Waals surface area contributed by atoms with E-state index in [4.69, 9.17) is 4.74 Å². The Hall–Kier alpha value is -3.39. The Bertz CT molecular complexity index is 1120. The first-order valence-corrected chi connectivity index (χ1v) is 10.3. The summed E-state index contributed by atoms with van der Waals surface area (Å²) in [6.45, 7) is 2.41. The number of rotatable bonds is 7. The number of benzene rings is 3. The Labute approximate surface area is 168 Å². The molecule has 0 bridgehead atoms. The van der Waals surface area contributed by atoms with Gasteiger partial charge in [-0.05, 0) is 61.5 Å². The highest BCUT2D eigenvalue weighted by molar-refractivity contribution is 7.92. The van der Waals surface area contributed by atoms with E-state index in [2.05, 4.69) is 10.0 Å². The fraction of sp³-hybridized carbons (Fsp3) is 0.0952. The maximum Gasteiger partial charge on any atom is 0.262 e. The number of ether oxygens (including phenoxy) is 1. The molecule has 0 spiro atoms. The van der Waals surface area contributed by atoms with E-state index in [1.54, 1.807) is 24.3 Å². The highest BCUT2D eigenvalue weighted by Gasteiger charge is 2.18. The quantitative estimate of drug-likeness (QED) is 0.604. The SMILES string of the molecule is CCOc1ccc(NC(=O)c2cccc(S(=O)(=O)Nc3ccccc3F)c2)cc1. The zero-order valence-electron chi connectivity index (χ0n) is 15.6. The Morgan fingerprint density at radius 2 is 1.72 bits per heavy atom. The normalized spacial score (nSPS) is 11.0. The van der Waals surface area contributed by atoms with E-state index in [-0.39, 0.29) is 16.1 Å². The van der Waals surface area contributed by atoms with Crippen LogP contribution in [0.4, 0.5) is 15.8 Å². The highest BCUT2D eigenvalue weighted by atomic mass is 32.2. The first-order valence-electron chi connectivity index (χ1n) is 8.80. The monoisotopic (exact) mass is 414 g/mol. The van der Waals surface area contributed by atoms with Crippen LogP contribution in [0.25, 0.3) is 0 Å². The van der Waals surface area contributed by atoms with Crippen LogP contribution in [0.3, 0.4) is 0 Å². The van der Waals surface area contributed by atoms with Crippen LogP contribution in [0.15, 0.2) is 77.7 Å². The van der Waals surface area contributed by atoms with Crippen molar-refractivity contribution in [1.29, 1.82) is 0 Å². The summed E-state index contributed by atoms with van der Waals surface area (Å²) >= 11 is 0. The van der Waals surface area contributed by atoms with Crippen molar-refractivity contribution >= 4 is 27.3 Å². The molecule has 3 rings (SSSR count). The second-order valence-electron chi connectivity index (χ2n) is 6.02. The summed E-state index contributed by atoms with van der Waals surface area (Å²) in [4.78, 5) is 12.3. The Kier molecular flexibility index (Phi) is 6.13. The largest absolute Gasteiger partial charge is 0.494 e. The molecule has 2 N–H and O–H groups in total. The molecule has 3 aromatic rings. The predicted octanol–water partition coefficient (Wildman–Crippen LogP) is 4.28. The van der Waals surface area contributed by atoms with Crippen LogP contribution in [-0.2, 0) is 10.0 Å². The minimum absolute atomic E-state index is 0.148. The van der Waals surface area contributed by atoms with E-state index < -0.39 is 21.7 Å². The van der Waals surface area contributed by atoms with Gasteiger partial charge in [-0.1, -0.05) is 18.2 Å². The first kappa shape index (κ1) is 20.3. The number of hydrogen-bond donors (Lipinski definition) is 2. The van der Waals surface area contributed by atoms with Gasteiger partial charge in [-0.3, -0.25) is 9.52 Å². The molecule has 0 heterocycles. The van der Waals surface area contributed by atoms with Gasteiger partial charge in [0, 0.05) is 11.3 Å². The lowest BCUT2D eigenvalue weighted by molar-refractivity contribution is 0.102. The third kappa shape index (κ3) is 5.11. The van der Waals surface area contributed by atoms with Crippen LogP contribution in [0.2, 0.25) is 0 Å². The minimum atomic E-state index is -4.06. The number of amides is 1. The molecule has 29 heavy (non-hydrogen) atoms. The third-order valence-corrected chi connectivity index (χ3v) is 5.31. The van der Waals surface area contributed by atoms with Crippen molar-refractivity contribution in [2.45, 2.75) is 11.8 Å². The minimum Gasteiger partial charge on any atom is -0.494 e. The molecule has 6 nitrogen and oxygen atoms in total. The van der Waals surface area contributed by atoms with Gasteiger partial charge in [-0.2, -0.15) is 0 Å². The van der Waals surface area contributed by atoms with Gasteiger partial charge in [0.1, 0.15) is 11.6 Å². The molecule has 0 aliphatic rings. The van der Waals surface area contributed by atoms with Crippen molar-refractivity contribution in [2.75, 3.05) is 16.6 Å². The standard InChI is InChI=1S/C21H19FN2O4S/c1-2-28-17-12-10-16(11-13-17)23-21(25)15-6-5-7-18(14-15)29(26,27)24-20-9-4-3-8-19(20)22/h3-14,24H,2H2,1H3,(H,23,25). The highest BCUT2D eigenvalue weighted by Crippen LogP contribution is 2.21. The fourth-order valence-electron chi connectivity index (χ4n) is 2.56. The smallest absolute Gasteiger partial charge is 0.262 e. The van der Waals surface area contributed by atoms with E-state index in [0.29, 0.717) is 18.0 Å². The molecule has 0 atom stereocenters. The van der Waals surface area contributed by atoms with Crippen LogP contribution in [0.1, 0.15) is 17.3 Å². The number of carbonyl (C=O) groups is 1. The maximum atomic E-state index is 13.8. The summed E-state index contributed by atoms with van der Waals surface area (Å²) in [5.74, 6) is -0.490. The van der Waals surface area contributed by atoms with Crippen LogP contribution in [0.5, 0.6) is 5.75 Å². The Balaban J connectivity index is 1.77. The zero-order valence-corrected chi connectivity index (χ0v) is 16.4. The van der Waals surface area contributed by atoms with Gasteiger partial charge in [0.15, 0.2) is 0 Å². The summed E-state index contributed by atoms with van der Waals surface area (Å²) in [5, 5.41) is 2.70. The van der Waals surface area contributed by atoms with Crippen molar-refractivity contribution in [3.63, 3.8) is 0 Å². The number of halogens is 1. The molecule has 0 aromatic heterocycles. The Morgan fingerprint density at radius 3 is 2.41 bits per heavy atom. The second kappa shape index (κ2) is 8.74. The van der Waals surface area contributed by atoms with Gasteiger partial charge >= 0.3 is 0 Å². The lowest BCUT2D eigenvalue weighted by Crippen LogP contribution is -2.16. The maximum absolute atomic E-state index is 13.8. The molecule has 0 radical (unpaired) electrons. The lowest BCUT2D eigenvalue weighted by atomic mass is 10.2. The van der Waals surface area contributed by atoms with E-state index in [1.807, 2.05) is 6.92 Å². The summed E-state index contributed by atoms with van der Waals surface area (Å²) in [7, 11) is -4.06. The molecular formula is C21H19FN2O4S. The summed E-state index contributed by atoms with van der Waals surface area (Å²) in [6, 6.07) is 17.7. The van der Waals surface area contributed by atoms with Crippen molar-refractivity contribution in [2.24, 2.45) is 0 Å². The lowest BCUT2D eigenvalue weighted by Gasteiger charge is -2.11. The zero-order chi connectivity index (χ0) is 20.9.